The number of rotatable bonds is 1. The molecule has 0 aromatic heterocycles. The Hall–Kier alpha value is -1.70. The number of nitrogens with one attached hydrogen (secondary N) is 1. The molecule has 0 aliphatic carbocycles. The molecule has 1 amide bonds. The number of ether oxygens (including phenoxy) is 1. The lowest BCUT2D eigenvalue weighted by Crippen LogP contribution is -2.32. The van der Waals surface area contributed by atoms with Crippen LogP contribution in [0.1, 0.15) is 20.8 Å². The number of aliphatic carboxylic acids is 1. The Morgan fingerprint density at radius 1 is 1.43 bits per heavy atom. The topological polar surface area (TPSA) is 75.6 Å². The lowest BCUT2D eigenvalue weighted by Gasteiger charge is -2.18. The van der Waals surface area contributed by atoms with E-state index in [1.807, 2.05) is 5.92 Å². The molecule has 2 N–H and O–H groups in total. The lowest BCUT2D eigenvalue weighted by atomic mass is 10.2. The second-order valence-corrected chi connectivity index (χ2v) is 3.46. The number of alkyl carbamates (subject to hydrolysis) is 1. The van der Waals surface area contributed by atoms with Crippen molar-refractivity contribution in [2.45, 2.75) is 26.4 Å². The van der Waals surface area contributed by atoms with Gasteiger partial charge in [0.25, 0.3) is 0 Å². The van der Waals surface area contributed by atoms with Gasteiger partial charge in [0.2, 0.25) is 0 Å². The summed E-state index contributed by atoms with van der Waals surface area (Å²) >= 11 is 0. The van der Waals surface area contributed by atoms with Crippen molar-refractivity contribution < 1.29 is 19.4 Å². The zero-order valence-electron chi connectivity index (χ0n) is 8.38. The summed E-state index contributed by atoms with van der Waals surface area (Å²) in [4.78, 5) is 20.9. The number of hydrogen-bond donors (Lipinski definition) is 2. The van der Waals surface area contributed by atoms with Crippen LogP contribution in [0.3, 0.4) is 0 Å². The minimum atomic E-state index is -1.23. The minimum absolute atomic E-state index is 0.0405. The van der Waals surface area contributed by atoms with Crippen LogP contribution in [0.4, 0.5) is 4.79 Å². The smallest absolute Gasteiger partial charge is 0.408 e. The van der Waals surface area contributed by atoms with Gasteiger partial charge in [-0.3, -0.25) is 0 Å². The second-order valence-electron chi connectivity index (χ2n) is 3.46. The van der Waals surface area contributed by atoms with E-state index in [4.69, 9.17) is 9.84 Å². The molecule has 78 valence electrons. The summed E-state index contributed by atoms with van der Waals surface area (Å²) in [6.45, 7) is 5.15. The van der Waals surface area contributed by atoms with E-state index in [2.05, 4.69) is 11.2 Å². The molecule has 0 unspecified atom stereocenters. The van der Waals surface area contributed by atoms with E-state index >= 15 is 0 Å². The average Bonchev–Trinajstić information content (AvgIpc) is 1.94. The Morgan fingerprint density at radius 2 is 2.00 bits per heavy atom. The molecule has 0 saturated heterocycles. The van der Waals surface area contributed by atoms with Gasteiger partial charge in [-0.05, 0) is 20.8 Å². The SMILES string of the molecule is CC(C)(C)OC(=O)NCC#CC(=O)O. The molecular formula is C9H13NO4. The molecule has 0 rings (SSSR count). The Kier molecular flexibility index (Phi) is 4.50. The summed E-state index contributed by atoms with van der Waals surface area (Å²) in [5.74, 6) is 2.87. The summed E-state index contributed by atoms with van der Waals surface area (Å²) in [6.07, 6.45) is -0.614. The van der Waals surface area contributed by atoms with Gasteiger partial charge in [0.05, 0.1) is 6.54 Å². The first kappa shape index (κ1) is 12.3. The third kappa shape index (κ3) is 8.40. The lowest BCUT2D eigenvalue weighted by molar-refractivity contribution is -0.130. The summed E-state index contributed by atoms with van der Waals surface area (Å²) in [5.41, 5.74) is -0.565. The van der Waals surface area contributed by atoms with Gasteiger partial charge in [-0.15, -0.1) is 0 Å². The number of carbonyl (C=O) groups excluding carboxylic acids is 1. The molecule has 14 heavy (non-hydrogen) atoms. The standard InChI is InChI=1S/C9H13NO4/c1-9(2,3)14-8(13)10-6-4-5-7(11)12/h6H2,1-3H3,(H,10,13)(H,11,12). The Morgan fingerprint density at radius 3 is 2.43 bits per heavy atom. The van der Waals surface area contributed by atoms with E-state index in [1.165, 1.54) is 0 Å². The normalized spacial score (nSPS) is 9.64. The number of amides is 1. The fourth-order valence-corrected chi connectivity index (χ4v) is 0.550. The second kappa shape index (κ2) is 5.12. The summed E-state index contributed by atoms with van der Waals surface area (Å²) in [7, 11) is 0. The highest BCUT2D eigenvalue weighted by Crippen LogP contribution is 2.05. The van der Waals surface area contributed by atoms with Crippen LogP contribution in [0, 0.1) is 11.8 Å². The van der Waals surface area contributed by atoms with E-state index in [-0.39, 0.29) is 6.54 Å². The molecule has 0 aromatic rings. The maximum absolute atomic E-state index is 11.0. The zero-order valence-corrected chi connectivity index (χ0v) is 8.38. The molecule has 0 aliphatic rings. The highest BCUT2D eigenvalue weighted by Gasteiger charge is 2.14. The van der Waals surface area contributed by atoms with Crippen molar-refractivity contribution in [1.82, 2.24) is 5.32 Å². The van der Waals surface area contributed by atoms with Crippen molar-refractivity contribution >= 4 is 12.1 Å². The molecule has 5 nitrogen and oxygen atoms in total. The molecule has 0 aromatic carbocycles. The maximum atomic E-state index is 11.0. The first-order chi connectivity index (χ1) is 6.31. The van der Waals surface area contributed by atoms with E-state index in [0.717, 1.165) is 0 Å². The van der Waals surface area contributed by atoms with E-state index in [1.54, 1.807) is 20.8 Å². The van der Waals surface area contributed by atoms with Gasteiger partial charge in [0.15, 0.2) is 0 Å². The number of hydrogen-bond acceptors (Lipinski definition) is 3. The van der Waals surface area contributed by atoms with Crippen LogP contribution < -0.4 is 5.32 Å². The van der Waals surface area contributed by atoms with Crippen molar-refractivity contribution in [1.29, 1.82) is 0 Å². The Balaban J connectivity index is 3.78. The highest BCUT2D eigenvalue weighted by molar-refractivity contribution is 5.86. The van der Waals surface area contributed by atoms with Gasteiger partial charge in [0.1, 0.15) is 5.60 Å². The third-order valence-electron chi connectivity index (χ3n) is 0.915. The third-order valence-corrected chi connectivity index (χ3v) is 0.915. The minimum Gasteiger partial charge on any atom is -0.472 e. The molecule has 5 heteroatoms. The van der Waals surface area contributed by atoms with Crippen LogP contribution in [-0.2, 0) is 9.53 Å². The fourth-order valence-electron chi connectivity index (χ4n) is 0.550. The van der Waals surface area contributed by atoms with Crippen molar-refractivity contribution in [2.24, 2.45) is 0 Å². The first-order valence-corrected chi connectivity index (χ1v) is 4.00. The number of carbonyl (C=O) groups is 2. The van der Waals surface area contributed by atoms with Crippen LogP contribution in [0.2, 0.25) is 0 Å². The van der Waals surface area contributed by atoms with Gasteiger partial charge in [-0.25, -0.2) is 9.59 Å². The first-order valence-electron chi connectivity index (χ1n) is 4.00. The van der Waals surface area contributed by atoms with Crippen LogP contribution >= 0.6 is 0 Å². The highest BCUT2D eigenvalue weighted by atomic mass is 16.6. The molecule has 0 spiro atoms. The zero-order chi connectivity index (χ0) is 11.2. The van der Waals surface area contributed by atoms with E-state index < -0.39 is 17.7 Å². The van der Waals surface area contributed by atoms with Crippen molar-refractivity contribution in [2.75, 3.05) is 6.54 Å². The summed E-state index contributed by atoms with van der Waals surface area (Å²) in [5, 5.41) is 10.4. The van der Waals surface area contributed by atoms with Crippen molar-refractivity contribution in [3.05, 3.63) is 0 Å². The predicted octanol–water partition coefficient (Wildman–Crippen LogP) is 0.599. The van der Waals surface area contributed by atoms with E-state index in [9.17, 15) is 9.59 Å². The molecule has 0 radical (unpaired) electrons. The van der Waals surface area contributed by atoms with Gasteiger partial charge in [-0.2, -0.15) is 0 Å². The average molecular weight is 199 g/mol. The molecular weight excluding hydrogens is 186 g/mol. The molecule has 0 bridgehead atoms. The van der Waals surface area contributed by atoms with Crippen molar-refractivity contribution in [3.8, 4) is 11.8 Å². The molecule has 0 fully saturated rings. The van der Waals surface area contributed by atoms with E-state index in [0.29, 0.717) is 0 Å². The summed E-state index contributed by atoms with van der Waals surface area (Å²) < 4.78 is 4.88. The van der Waals surface area contributed by atoms with Gasteiger partial charge < -0.3 is 15.2 Å². The summed E-state index contributed by atoms with van der Waals surface area (Å²) in [6, 6.07) is 0. The van der Waals surface area contributed by atoms with Crippen LogP contribution in [0.25, 0.3) is 0 Å². The molecule has 0 aliphatic heterocycles. The van der Waals surface area contributed by atoms with Crippen LogP contribution in [0.15, 0.2) is 0 Å². The predicted molar refractivity (Wildman–Crippen MR) is 49.6 cm³/mol. The van der Waals surface area contributed by atoms with Crippen LogP contribution in [0.5, 0.6) is 0 Å². The van der Waals surface area contributed by atoms with Gasteiger partial charge in [0, 0.05) is 5.92 Å². The molecule has 0 atom stereocenters. The molecule has 0 heterocycles. The largest absolute Gasteiger partial charge is 0.472 e. The molecule has 0 saturated carbocycles. The Labute approximate surface area is 82.4 Å². The number of carboxylic acid groups (broad SMARTS) is 1. The maximum Gasteiger partial charge on any atom is 0.408 e. The van der Waals surface area contributed by atoms with Crippen LogP contribution in [-0.4, -0.2) is 29.3 Å². The van der Waals surface area contributed by atoms with Gasteiger partial charge in [-0.1, -0.05) is 5.92 Å². The Bertz CT molecular complexity index is 279. The quantitative estimate of drug-likeness (QED) is 0.606. The number of carboxylic acids is 1. The monoisotopic (exact) mass is 199 g/mol. The fraction of sp³-hybridized carbons (Fsp3) is 0.556. The van der Waals surface area contributed by atoms with Gasteiger partial charge >= 0.3 is 12.1 Å². The van der Waals surface area contributed by atoms with Crippen molar-refractivity contribution in [3.63, 3.8) is 0 Å².